The monoisotopic (exact) mass is 281 g/mol. The molecule has 0 amide bonds. The van der Waals surface area contributed by atoms with Gasteiger partial charge < -0.3 is 9.88 Å². The van der Waals surface area contributed by atoms with Crippen LogP contribution in [0, 0.1) is 10.1 Å². The van der Waals surface area contributed by atoms with Gasteiger partial charge in [0.1, 0.15) is 12.0 Å². The third-order valence-corrected chi connectivity index (χ3v) is 2.77. The van der Waals surface area contributed by atoms with Crippen molar-refractivity contribution in [1.82, 2.24) is 14.5 Å². The van der Waals surface area contributed by atoms with Crippen molar-refractivity contribution in [3.63, 3.8) is 0 Å². The number of nitrogens with zero attached hydrogens (tertiary/aromatic N) is 4. The van der Waals surface area contributed by atoms with E-state index in [-0.39, 0.29) is 10.7 Å². The fourth-order valence-corrected chi connectivity index (χ4v) is 1.77. The molecule has 0 aliphatic carbocycles. The molecule has 0 radical (unpaired) electrons. The first-order valence-electron chi connectivity index (χ1n) is 5.66. The summed E-state index contributed by atoms with van der Waals surface area (Å²) in [6, 6.07) is 1.28. The molecule has 2 aromatic heterocycles. The minimum atomic E-state index is -0.526. The second-order valence-electron chi connectivity index (χ2n) is 3.86. The molecule has 2 aromatic rings. The Morgan fingerprint density at radius 3 is 3.00 bits per heavy atom. The summed E-state index contributed by atoms with van der Waals surface area (Å²) < 4.78 is 1.96. The number of nitro groups is 1. The summed E-state index contributed by atoms with van der Waals surface area (Å²) in [7, 11) is 0. The van der Waals surface area contributed by atoms with Crippen LogP contribution in [-0.4, -0.2) is 26.0 Å². The lowest BCUT2D eigenvalue weighted by Gasteiger charge is -2.07. The maximum Gasteiger partial charge on any atom is 0.289 e. The molecule has 7 nitrogen and oxygen atoms in total. The SMILES string of the molecule is O=[N+]([O-])c1cnc(NCCCn2ccnc2)c(Cl)c1. The van der Waals surface area contributed by atoms with E-state index in [0.29, 0.717) is 12.4 Å². The Morgan fingerprint density at radius 1 is 1.53 bits per heavy atom. The van der Waals surface area contributed by atoms with Crippen LogP contribution in [0.2, 0.25) is 5.02 Å². The molecule has 19 heavy (non-hydrogen) atoms. The normalized spacial score (nSPS) is 10.4. The van der Waals surface area contributed by atoms with Crippen molar-refractivity contribution < 1.29 is 4.92 Å². The molecule has 2 rings (SSSR count). The number of hydrogen-bond donors (Lipinski definition) is 1. The van der Waals surface area contributed by atoms with Gasteiger partial charge in [-0.05, 0) is 6.42 Å². The molecule has 0 aliphatic rings. The average molecular weight is 282 g/mol. The first-order chi connectivity index (χ1) is 9.16. The zero-order chi connectivity index (χ0) is 13.7. The molecule has 0 bridgehead atoms. The maximum atomic E-state index is 10.5. The number of halogens is 1. The molecular formula is C11H12ClN5O2. The van der Waals surface area contributed by atoms with Gasteiger partial charge in [0.2, 0.25) is 0 Å². The van der Waals surface area contributed by atoms with E-state index in [9.17, 15) is 10.1 Å². The van der Waals surface area contributed by atoms with Crippen molar-refractivity contribution in [3.05, 3.63) is 46.1 Å². The third kappa shape index (κ3) is 3.65. The molecule has 0 fully saturated rings. The second kappa shape index (κ2) is 6.14. The van der Waals surface area contributed by atoms with Crippen LogP contribution in [0.25, 0.3) is 0 Å². The van der Waals surface area contributed by atoms with E-state index in [1.54, 1.807) is 12.5 Å². The van der Waals surface area contributed by atoms with Crippen LogP contribution in [0.3, 0.4) is 0 Å². The summed E-state index contributed by atoms with van der Waals surface area (Å²) in [6.45, 7) is 1.50. The van der Waals surface area contributed by atoms with Gasteiger partial charge in [-0.2, -0.15) is 0 Å². The Balaban J connectivity index is 1.84. The summed E-state index contributed by atoms with van der Waals surface area (Å²) in [5.74, 6) is 0.456. The molecular weight excluding hydrogens is 270 g/mol. The van der Waals surface area contributed by atoms with E-state index < -0.39 is 4.92 Å². The Morgan fingerprint density at radius 2 is 2.37 bits per heavy atom. The first kappa shape index (κ1) is 13.3. The zero-order valence-corrected chi connectivity index (χ0v) is 10.7. The number of anilines is 1. The van der Waals surface area contributed by atoms with E-state index in [0.717, 1.165) is 13.0 Å². The van der Waals surface area contributed by atoms with Crippen molar-refractivity contribution in [3.8, 4) is 0 Å². The van der Waals surface area contributed by atoms with Crippen molar-refractivity contribution in [1.29, 1.82) is 0 Å². The smallest absolute Gasteiger partial charge is 0.289 e. The Hall–Kier alpha value is -2.15. The Labute approximate surface area is 114 Å². The van der Waals surface area contributed by atoms with E-state index in [2.05, 4.69) is 15.3 Å². The van der Waals surface area contributed by atoms with Crippen molar-refractivity contribution in [2.75, 3.05) is 11.9 Å². The number of aryl methyl sites for hydroxylation is 1. The zero-order valence-electron chi connectivity index (χ0n) is 9.99. The lowest BCUT2D eigenvalue weighted by Crippen LogP contribution is -2.07. The summed E-state index contributed by atoms with van der Waals surface area (Å²) in [5, 5.41) is 13.8. The van der Waals surface area contributed by atoms with Gasteiger partial charge in [-0.15, -0.1) is 0 Å². The average Bonchev–Trinajstić information content (AvgIpc) is 2.89. The highest BCUT2D eigenvalue weighted by Gasteiger charge is 2.10. The van der Waals surface area contributed by atoms with Gasteiger partial charge in [0.25, 0.3) is 5.69 Å². The van der Waals surface area contributed by atoms with Crippen LogP contribution >= 0.6 is 11.6 Å². The predicted octanol–water partition coefficient (Wildman–Crippen LogP) is 2.34. The molecule has 0 atom stereocenters. The van der Waals surface area contributed by atoms with Gasteiger partial charge in [0, 0.05) is 31.5 Å². The van der Waals surface area contributed by atoms with Gasteiger partial charge in [-0.3, -0.25) is 10.1 Å². The highest BCUT2D eigenvalue weighted by atomic mass is 35.5. The number of aromatic nitrogens is 3. The number of nitrogens with one attached hydrogen (secondary N) is 1. The summed E-state index contributed by atoms with van der Waals surface area (Å²) in [6.07, 6.45) is 7.41. The van der Waals surface area contributed by atoms with Crippen LogP contribution in [-0.2, 0) is 6.54 Å². The number of rotatable bonds is 6. The third-order valence-electron chi connectivity index (χ3n) is 2.48. The molecule has 0 saturated carbocycles. The summed E-state index contributed by atoms with van der Waals surface area (Å²) in [4.78, 5) is 17.9. The second-order valence-corrected chi connectivity index (χ2v) is 4.27. The van der Waals surface area contributed by atoms with Crippen molar-refractivity contribution in [2.24, 2.45) is 0 Å². The van der Waals surface area contributed by atoms with E-state index >= 15 is 0 Å². The van der Waals surface area contributed by atoms with E-state index in [1.807, 2.05) is 10.8 Å². The van der Waals surface area contributed by atoms with Gasteiger partial charge in [0.05, 0.1) is 16.3 Å². The van der Waals surface area contributed by atoms with Gasteiger partial charge in [-0.25, -0.2) is 9.97 Å². The summed E-state index contributed by atoms with van der Waals surface area (Å²) >= 11 is 5.91. The van der Waals surface area contributed by atoms with Gasteiger partial charge in [0.15, 0.2) is 0 Å². The molecule has 8 heteroatoms. The fourth-order valence-electron chi connectivity index (χ4n) is 1.55. The van der Waals surface area contributed by atoms with Crippen LogP contribution < -0.4 is 5.32 Å². The van der Waals surface area contributed by atoms with E-state index in [4.69, 9.17) is 11.6 Å². The molecule has 0 saturated heterocycles. The minimum Gasteiger partial charge on any atom is -0.369 e. The Kier molecular flexibility index (Phi) is 4.30. The minimum absolute atomic E-state index is 0.117. The first-order valence-corrected chi connectivity index (χ1v) is 6.04. The molecule has 1 N–H and O–H groups in total. The summed E-state index contributed by atoms with van der Waals surface area (Å²) in [5.41, 5.74) is -0.117. The predicted molar refractivity (Wildman–Crippen MR) is 71.2 cm³/mol. The topological polar surface area (TPSA) is 85.9 Å². The van der Waals surface area contributed by atoms with Gasteiger partial charge >= 0.3 is 0 Å². The number of pyridine rings is 1. The molecule has 0 unspecified atom stereocenters. The molecule has 0 aliphatic heterocycles. The standard InChI is InChI=1S/C11H12ClN5O2/c12-10-6-9(17(18)19)7-15-11(10)14-2-1-4-16-5-3-13-8-16/h3,5-8H,1-2,4H2,(H,14,15). The van der Waals surface area contributed by atoms with Crippen LogP contribution in [0.4, 0.5) is 11.5 Å². The molecule has 2 heterocycles. The lowest BCUT2D eigenvalue weighted by atomic mass is 10.4. The van der Waals surface area contributed by atoms with Crippen molar-refractivity contribution >= 4 is 23.1 Å². The quantitative estimate of drug-likeness (QED) is 0.499. The lowest BCUT2D eigenvalue weighted by molar-refractivity contribution is -0.385. The van der Waals surface area contributed by atoms with Crippen LogP contribution in [0.1, 0.15) is 6.42 Å². The number of hydrogen-bond acceptors (Lipinski definition) is 5. The molecule has 100 valence electrons. The maximum absolute atomic E-state index is 10.5. The Bertz CT molecular complexity index is 558. The molecule has 0 spiro atoms. The fraction of sp³-hybridized carbons (Fsp3) is 0.273. The largest absolute Gasteiger partial charge is 0.369 e. The van der Waals surface area contributed by atoms with Crippen LogP contribution in [0.15, 0.2) is 31.0 Å². The van der Waals surface area contributed by atoms with Gasteiger partial charge in [-0.1, -0.05) is 11.6 Å². The molecule has 0 aromatic carbocycles. The highest BCUT2D eigenvalue weighted by Crippen LogP contribution is 2.23. The highest BCUT2D eigenvalue weighted by molar-refractivity contribution is 6.33. The number of imidazole rings is 1. The van der Waals surface area contributed by atoms with Crippen molar-refractivity contribution in [2.45, 2.75) is 13.0 Å². The van der Waals surface area contributed by atoms with Crippen LogP contribution in [0.5, 0.6) is 0 Å². The van der Waals surface area contributed by atoms with E-state index in [1.165, 1.54) is 12.3 Å².